The number of nitrogens with two attached hydrogens (primary N) is 1. The Balaban J connectivity index is 2.76. The summed E-state index contributed by atoms with van der Waals surface area (Å²) in [7, 11) is 2.41. The molecule has 4 nitrogen and oxygen atoms in total. The minimum Gasteiger partial charge on any atom is -0.421 e. The van der Waals surface area contributed by atoms with Crippen LogP contribution in [0.4, 0.5) is 0 Å². The third-order valence-electron chi connectivity index (χ3n) is 1.58. The third-order valence-corrected chi connectivity index (χ3v) is 2.42. The van der Waals surface area contributed by atoms with Crippen LogP contribution in [0.3, 0.4) is 0 Å². The molecule has 78 valence electrons. The van der Waals surface area contributed by atoms with Crippen LogP contribution >= 0.6 is 0 Å². The lowest BCUT2D eigenvalue weighted by Crippen LogP contribution is -2.31. The largest absolute Gasteiger partial charge is 0.421 e. The first-order chi connectivity index (χ1) is 6.41. The van der Waals surface area contributed by atoms with Gasteiger partial charge in [0, 0.05) is 33.3 Å². The molecular formula is C8H21N3OSi. The van der Waals surface area contributed by atoms with Gasteiger partial charge in [0.15, 0.2) is 0 Å². The highest BCUT2D eigenvalue weighted by atomic mass is 28.2. The summed E-state index contributed by atoms with van der Waals surface area (Å²) >= 11 is 0. The summed E-state index contributed by atoms with van der Waals surface area (Å²) in [5.74, 6) is 0. The first-order valence-electron chi connectivity index (χ1n) is 4.79. The van der Waals surface area contributed by atoms with Gasteiger partial charge in [-0.3, -0.25) is 0 Å². The summed E-state index contributed by atoms with van der Waals surface area (Å²) in [6, 6.07) is 1.17. The summed E-state index contributed by atoms with van der Waals surface area (Å²) < 4.78 is 4.98. The predicted octanol–water partition coefficient (Wildman–Crippen LogP) is -0.802. The molecule has 0 atom stereocenters. The fourth-order valence-corrected chi connectivity index (χ4v) is 1.44. The molecule has 13 heavy (non-hydrogen) atoms. The molecule has 0 heterocycles. The van der Waals surface area contributed by atoms with E-state index in [-0.39, 0.29) is 0 Å². The van der Waals surface area contributed by atoms with Crippen molar-refractivity contribution in [1.82, 2.24) is 10.6 Å². The molecule has 0 aromatic rings. The van der Waals surface area contributed by atoms with Crippen molar-refractivity contribution < 1.29 is 4.43 Å². The molecule has 4 N–H and O–H groups in total. The van der Waals surface area contributed by atoms with Crippen LogP contribution in [0.1, 0.15) is 6.42 Å². The zero-order chi connectivity index (χ0) is 9.78. The lowest BCUT2D eigenvalue weighted by Gasteiger charge is -2.04. The van der Waals surface area contributed by atoms with Gasteiger partial charge in [0.05, 0.1) is 0 Å². The fraction of sp³-hybridized carbons (Fsp3) is 1.00. The van der Waals surface area contributed by atoms with E-state index in [2.05, 4.69) is 10.6 Å². The molecule has 0 fully saturated rings. The minimum atomic E-state index is 0.655. The summed E-state index contributed by atoms with van der Waals surface area (Å²) in [6.07, 6.45) is 1.20. The Hall–Kier alpha value is 0.0569. The Bertz CT molecular complexity index is 85.5. The third kappa shape index (κ3) is 12.1. The first-order valence-corrected chi connectivity index (χ1v) is 5.90. The van der Waals surface area contributed by atoms with Crippen molar-refractivity contribution in [3.8, 4) is 0 Å². The van der Waals surface area contributed by atoms with Crippen molar-refractivity contribution >= 4 is 9.76 Å². The van der Waals surface area contributed by atoms with E-state index < -0.39 is 0 Å². The Kier molecular flexibility index (Phi) is 12.1. The molecule has 0 saturated heterocycles. The topological polar surface area (TPSA) is 59.3 Å². The second-order valence-corrected chi connectivity index (χ2v) is 3.94. The average Bonchev–Trinajstić information content (AvgIpc) is 2.16. The van der Waals surface area contributed by atoms with Gasteiger partial charge < -0.3 is 20.8 Å². The van der Waals surface area contributed by atoms with Crippen LogP contribution in [-0.4, -0.2) is 49.6 Å². The van der Waals surface area contributed by atoms with Crippen LogP contribution < -0.4 is 16.4 Å². The van der Waals surface area contributed by atoms with Gasteiger partial charge in [-0.2, -0.15) is 0 Å². The first kappa shape index (κ1) is 13.1. The molecule has 5 heteroatoms. The molecule has 0 unspecified atom stereocenters. The van der Waals surface area contributed by atoms with E-state index in [0.717, 1.165) is 32.7 Å². The Morgan fingerprint density at radius 2 is 1.85 bits per heavy atom. The molecule has 0 aromatic carbocycles. The highest BCUT2D eigenvalue weighted by molar-refractivity contribution is 6.26. The van der Waals surface area contributed by atoms with Crippen molar-refractivity contribution in [1.29, 1.82) is 0 Å². The van der Waals surface area contributed by atoms with Gasteiger partial charge in [0.25, 0.3) is 0 Å². The number of rotatable bonds is 10. The van der Waals surface area contributed by atoms with E-state index in [1.54, 1.807) is 7.11 Å². The maximum atomic E-state index is 5.33. The Morgan fingerprint density at radius 3 is 2.46 bits per heavy atom. The van der Waals surface area contributed by atoms with Gasteiger partial charge in [0.1, 0.15) is 0 Å². The lowest BCUT2D eigenvalue weighted by atomic mass is 10.4. The van der Waals surface area contributed by atoms with Crippen LogP contribution in [0.2, 0.25) is 6.04 Å². The highest BCUT2D eigenvalue weighted by Crippen LogP contribution is 1.85. The fourth-order valence-electron chi connectivity index (χ4n) is 0.916. The highest BCUT2D eigenvalue weighted by Gasteiger charge is 1.90. The van der Waals surface area contributed by atoms with Gasteiger partial charge in [-0.15, -0.1) is 0 Å². The van der Waals surface area contributed by atoms with Gasteiger partial charge in [-0.1, -0.05) is 0 Å². The quantitative estimate of drug-likeness (QED) is 0.321. The van der Waals surface area contributed by atoms with Crippen LogP contribution in [0.5, 0.6) is 0 Å². The number of nitrogens with one attached hydrogen (secondary N) is 2. The molecule has 0 aliphatic rings. The van der Waals surface area contributed by atoms with Crippen molar-refractivity contribution in [3.63, 3.8) is 0 Å². The van der Waals surface area contributed by atoms with Crippen molar-refractivity contribution in [2.24, 2.45) is 5.73 Å². The predicted molar refractivity (Wildman–Crippen MR) is 57.0 cm³/mol. The molecule has 0 aliphatic heterocycles. The molecule has 0 amide bonds. The molecule has 0 saturated carbocycles. The maximum Gasteiger partial charge on any atom is 0.229 e. The second-order valence-electron chi connectivity index (χ2n) is 2.74. The monoisotopic (exact) mass is 203 g/mol. The maximum absolute atomic E-state index is 5.33. The molecule has 0 spiro atoms. The van der Waals surface area contributed by atoms with E-state index >= 15 is 0 Å². The zero-order valence-electron chi connectivity index (χ0n) is 8.44. The summed E-state index contributed by atoms with van der Waals surface area (Å²) in [4.78, 5) is 0. The van der Waals surface area contributed by atoms with Crippen molar-refractivity contribution in [2.45, 2.75) is 12.5 Å². The molecule has 0 bridgehead atoms. The van der Waals surface area contributed by atoms with E-state index in [1.807, 2.05) is 0 Å². The van der Waals surface area contributed by atoms with E-state index in [0.29, 0.717) is 9.76 Å². The second kappa shape index (κ2) is 12.1. The Labute approximate surface area is 83.5 Å². The number of hydrogen-bond acceptors (Lipinski definition) is 4. The summed E-state index contributed by atoms with van der Waals surface area (Å²) in [5, 5.41) is 6.58. The lowest BCUT2D eigenvalue weighted by molar-refractivity contribution is 0.439. The van der Waals surface area contributed by atoms with Crippen LogP contribution in [-0.2, 0) is 4.43 Å². The molecular weight excluding hydrogens is 182 g/mol. The van der Waals surface area contributed by atoms with E-state index in [1.165, 1.54) is 12.5 Å². The van der Waals surface area contributed by atoms with Crippen LogP contribution in [0.15, 0.2) is 0 Å². The Morgan fingerprint density at radius 1 is 1.15 bits per heavy atom. The zero-order valence-corrected chi connectivity index (χ0v) is 9.44. The van der Waals surface area contributed by atoms with Crippen LogP contribution in [0.25, 0.3) is 0 Å². The normalized spacial score (nSPS) is 10.6. The van der Waals surface area contributed by atoms with E-state index in [4.69, 9.17) is 10.2 Å². The molecule has 0 rings (SSSR count). The number of hydrogen-bond donors (Lipinski definition) is 3. The molecule has 2 radical (unpaired) electrons. The van der Waals surface area contributed by atoms with Crippen LogP contribution in [0, 0.1) is 0 Å². The summed E-state index contributed by atoms with van der Waals surface area (Å²) in [6.45, 7) is 4.74. The smallest absolute Gasteiger partial charge is 0.229 e. The van der Waals surface area contributed by atoms with Crippen molar-refractivity contribution in [3.05, 3.63) is 0 Å². The van der Waals surface area contributed by atoms with Gasteiger partial charge in [0.2, 0.25) is 9.76 Å². The van der Waals surface area contributed by atoms with Gasteiger partial charge in [-0.05, 0) is 19.0 Å². The summed E-state index contributed by atoms with van der Waals surface area (Å²) in [5.41, 5.74) is 5.33. The standard InChI is InChI=1S/C8H21N3OSi/c1-12-13-8-2-4-10-6-7-11-5-3-9/h10-11H,2-9H2,1H3. The minimum absolute atomic E-state index is 0.655. The SMILES string of the molecule is CO[Si]CCCNCCNCCN. The molecule has 0 aliphatic carbocycles. The average molecular weight is 203 g/mol. The van der Waals surface area contributed by atoms with Gasteiger partial charge >= 0.3 is 0 Å². The van der Waals surface area contributed by atoms with Gasteiger partial charge in [-0.25, -0.2) is 0 Å². The molecule has 0 aromatic heterocycles. The van der Waals surface area contributed by atoms with E-state index in [9.17, 15) is 0 Å². The van der Waals surface area contributed by atoms with Crippen molar-refractivity contribution in [2.75, 3.05) is 39.8 Å².